The summed E-state index contributed by atoms with van der Waals surface area (Å²) in [5.74, 6) is -0.325. The zero-order chi connectivity index (χ0) is 18.0. The number of rotatable bonds is 3. The molecule has 0 aliphatic carbocycles. The Hall–Kier alpha value is -3.16. The molecule has 25 heavy (non-hydrogen) atoms. The fraction of sp³-hybridized carbons (Fsp3) is 0.118. The van der Waals surface area contributed by atoms with Crippen LogP contribution in [0.3, 0.4) is 0 Å². The predicted octanol–water partition coefficient (Wildman–Crippen LogP) is 3.50. The van der Waals surface area contributed by atoms with E-state index in [1.807, 2.05) is 0 Å². The molecule has 0 spiro atoms. The van der Waals surface area contributed by atoms with Gasteiger partial charge in [0.2, 0.25) is 0 Å². The van der Waals surface area contributed by atoms with Crippen LogP contribution in [0.5, 0.6) is 5.75 Å². The van der Waals surface area contributed by atoms with Crippen LogP contribution >= 0.6 is 0 Å². The quantitative estimate of drug-likeness (QED) is 0.728. The minimum Gasteiger partial charge on any atom is -0.406 e. The van der Waals surface area contributed by atoms with E-state index in [-0.39, 0.29) is 11.3 Å². The average molecular weight is 347 g/mol. The highest BCUT2D eigenvalue weighted by Crippen LogP contribution is 2.25. The van der Waals surface area contributed by atoms with E-state index in [1.165, 1.54) is 35.1 Å². The molecular weight excluding hydrogens is 335 g/mol. The van der Waals surface area contributed by atoms with Crippen LogP contribution in [0.4, 0.5) is 13.2 Å². The predicted molar refractivity (Wildman–Crippen MR) is 84.5 cm³/mol. The van der Waals surface area contributed by atoms with Crippen molar-refractivity contribution in [3.05, 3.63) is 70.8 Å². The van der Waals surface area contributed by atoms with Gasteiger partial charge in [0.25, 0.3) is 5.56 Å². The fourth-order valence-electron chi connectivity index (χ4n) is 2.24. The van der Waals surface area contributed by atoms with Crippen molar-refractivity contribution >= 4 is 0 Å². The molecule has 0 bridgehead atoms. The van der Waals surface area contributed by atoms with E-state index in [1.54, 1.807) is 31.3 Å². The number of hydrogen-bond acceptors (Lipinski definition) is 4. The van der Waals surface area contributed by atoms with Crippen LogP contribution < -0.4 is 10.3 Å². The van der Waals surface area contributed by atoms with Gasteiger partial charge in [0, 0.05) is 17.3 Å². The summed E-state index contributed by atoms with van der Waals surface area (Å²) in [5, 5.41) is 4.28. The summed E-state index contributed by atoms with van der Waals surface area (Å²) in [4.78, 5) is 16.2. The molecule has 0 unspecified atom stereocenters. The number of alkyl halides is 3. The third kappa shape index (κ3) is 3.85. The van der Waals surface area contributed by atoms with Gasteiger partial charge in [0.05, 0.1) is 17.6 Å². The van der Waals surface area contributed by atoms with Gasteiger partial charge in [0.15, 0.2) is 0 Å². The highest BCUT2D eigenvalue weighted by molar-refractivity contribution is 5.60. The van der Waals surface area contributed by atoms with E-state index in [2.05, 4.69) is 14.8 Å². The summed E-state index contributed by atoms with van der Waals surface area (Å²) in [6, 6.07) is 10.2. The zero-order valence-corrected chi connectivity index (χ0v) is 13.0. The second kappa shape index (κ2) is 6.39. The standard InChI is InChI=1S/C17H12F3N3O2/c1-11-9-15(12-4-6-14(7-5-12)25-17(18,19)20)22-23(16(11)24)13-3-2-8-21-10-13/h2-10H,1H3. The molecule has 0 saturated heterocycles. The number of pyridine rings is 1. The Morgan fingerprint density at radius 2 is 1.84 bits per heavy atom. The summed E-state index contributed by atoms with van der Waals surface area (Å²) in [7, 11) is 0. The molecule has 2 heterocycles. The van der Waals surface area contributed by atoms with Gasteiger partial charge in [-0.2, -0.15) is 9.78 Å². The van der Waals surface area contributed by atoms with Gasteiger partial charge in [-0.25, -0.2) is 0 Å². The van der Waals surface area contributed by atoms with Crippen molar-refractivity contribution in [1.82, 2.24) is 14.8 Å². The Kier molecular flexibility index (Phi) is 4.26. The Bertz CT molecular complexity index is 936. The molecule has 3 rings (SSSR count). The number of nitrogens with zero attached hydrogens (tertiary/aromatic N) is 3. The van der Waals surface area contributed by atoms with Crippen LogP contribution in [0.25, 0.3) is 16.9 Å². The second-order valence-corrected chi connectivity index (χ2v) is 5.21. The first-order chi connectivity index (χ1) is 11.8. The van der Waals surface area contributed by atoms with Crippen molar-refractivity contribution < 1.29 is 17.9 Å². The van der Waals surface area contributed by atoms with E-state index in [9.17, 15) is 18.0 Å². The number of benzene rings is 1. The van der Waals surface area contributed by atoms with Crippen molar-refractivity contribution in [3.8, 4) is 22.7 Å². The molecule has 0 radical (unpaired) electrons. The van der Waals surface area contributed by atoms with Gasteiger partial charge in [-0.1, -0.05) is 0 Å². The summed E-state index contributed by atoms with van der Waals surface area (Å²) in [6.07, 6.45) is -1.67. The molecule has 0 N–H and O–H groups in total. The summed E-state index contributed by atoms with van der Waals surface area (Å²) in [6.45, 7) is 1.64. The van der Waals surface area contributed by atoms with Gasteiger partial charge in [-0.05, 0) is 49.4 Å². The monoisotopic (exact) mass is 347 g/mol. The molecule has 2 aromatic heterocycles. The van der Waals surface area contributed by atoms with Crippen molar-refractivity contribution in [2.24, 2.45) is 0 Å². The third-order valence-electron chi connectivity index (χ3n) is 3.36. The molecular formula is C17H12F3N3O2. The first-order valence-electron chi connectivity index (χ1n) is 7.21. The van der Waals surface area contributed by atoms with Crippen LogP contribution in [-0.2, 0) is 0 Å². The number of aromatic nitrogens is 3. The molecule has 0 fully saturated rings. The van der Waals surface area contributed by atoms with Crippen molar-refractivity contribution in [1.29, 1.82) is 0 Å². The normalized spacial score (nSPS) is 11.4. The minimum atomic E-state index is -4.75. The topological polar surface area (TPSA) is 57.0 Å². The summed E-state index contributed by atoms with van der Waals surface area (Å²) < 4.78 is 41.7. The molecule has 128 valence electrons. The summed E-state index contributed by atoms with van der Waals surface area (Å²) >= 11 is 0. The van der Waals surface area contributed by atoms with E-state index in [0.29, 0.717) is 22.5 Å². The number of aryl methyl sites for hydroxylation is 1. The third-order valence-corrected chi connectivity index (χ3v) is 3.36. The number of halogens is 3. The van der Waals surface area contributed by atoms with E-state index < -0.39 is 6.36 Å². The number of hydrogen-bond donors (Lipinski definition) is 0. The van der Waals surface area contributed by atoms with Crippen molar-refractivity contribution in [2.75, 3.05) is 0 Å². The minimum absolute atomic E-state index is 0.297. The van der Waals surface area contributed by atoms with Gasteiger partial charge in [-0.3, -0.25) is 9.78 Å². The number of ether oxygens (including phenoxy) is 1. The maximum Gasteiger partial charge on any atom is 0.573 e. The molecule has 0 amide bonds. The Morgan fingerprint density at radius 3 is 2.44 bits per heavy atom. The largest absolute Gasteiger partial charge is 0.573 e. The van der Waals surface area contributed by atoms with Crippen molar-refractivity contribution in [3.63, 3.8) is 0 Å². The SMILES string of the molecule is Cc1cc(-c2ccc(OC(F)(F)F)cc2)nn(-c2cccnc2)c1=O. The molecule has 0 aliphatic heterocycles. The van der Waals surface area contributed by atoms with Gasteiger partial charge in [0.1, 0.15) is 5.75 Å². The molecule has 0 atom stereocenters. The Labute approximate surface area is 140 Å². The van der Waals surface area contributed by atoms with Crippen LogP contribution in [0.15, 0.2) is 59.7 Å². The van der Waals surface area contributed by atoms with Gasteiger partial charge >= 0.3 is 6.36 Å². The summed E-state index contributed by atoms with van der Waals surface area (Å²) in [5.41, 5.74) is 1.64. The Balaban J connectivity index is 2.01. The lowest BCUT2D eigenvalue weighted by atomic mass is 10.1. The van der Waals surface area contributed by atoms with Crippen LogP contribution in [0.2, 0.25) is 0 Å². The first kappa shape index (κ1) is 16.7. The molecule has 8 heteroatoms. The van der Waals surface area contributed by atoms with Gasteiger partial charge in [-0.15, -0.1) is 13.2 Å². The highest BCUT2D eigenvalue weighted by atomic mass is 19.4. The molecule has 0 saturated carbocycles. The Morgan fingerprint density at radius 1 is 1.12 bits per heavy atom. The molecule has 5 nitrogen and oxygen atoms in total. The lowest BCUT2D eigenvalue weighted by Crippen LogP contribution is -2.23. The maximum absolute atomic E-state index is 12.3. The van der Waals surface area contributed by atoms with Crippen LogP contribution in [0, 0.1) is 6.92 Å². The van der Waals surface area contributed by atoms with E-state index in [0.717, 1.165) is 0 Å². The van der Waals surface area contributed by atoms with E-state index in [4.69, 9.17) is 0 Å². The van der Waals surface area contributed by atoms with E-state index >= 15 is 0 Å². The zero-order valence-electron chi connectivity index (χ0n) is 13.0. The fourth-order valence-corrected chi connectivity index (χ4v) is 2.24. The van der Waals surface area contributed by atoms with Crippen LogP contribution in [-0.4, -0.2) is 21.1 Å². The molecule has 0 aliphatic rings. The highest BCUT2D eigenvalue weighted by Gasteiger charge is 2.31. The lowest BCUT2D eigenvalue weighted by Gasteiger charge is -2.11. The maximum atomic E-state index is 12.3. The molecule has 3 aromatic rings. The average Bonchev–Trinajstić information content (AvgIpc) is 2.57. The second-order valence-electron chi connectivity index (χ2n) is 5.21. The first-order valence-corrected chi connectivity index (χ1v) is 7.21. The lowest BCUT2D eigenvalue weighted by molar-refractivity contribution is -0.274. The van der Waals surface area contributed by atoms with Gasteiger partial charge < -0.3 is 4.74 Å². The molecule has 1 aromatic carbocycles. The van der Waals surface area contributed by atoms with Crippen LogP contribution in [0.1, 0.15) is 5.56 Å². The smallest absolute Gasteiger partial charge is 0.406 e. The van der Waals surface area contributed by atoms with Crippen molar-refractivity contribution in [2.45, 2.75) is 13.3 Å².